The van der Waals surface area contributed by atoms with E-state index in [1.165, 1.54) is 11.9 Å². The fourth-order valence-electron chi connectivity index (χ4n) is 1.09. The van der Waals surface area contributed by atoms with Crippen LogP contribution < -0.4 is 5.73 Å². The standard InChI is InChI=1S/C10H13NO2.CH3Cl/c11-10(12)13-8-4-7-9-5-2-1-3-6-9;1-2/h1-3,5-6H,4,7-8H2,(H2,11,12);1H3. The third-order valence-corrected chi connectivity index (χ3v) is 1.70. The molecule has 0 aliphatic heterocycles. The van der Waals surface area contributed by atoms with Crippen LogP contribution in [0.5, 0.6) is 0 Å². The quantitative estimate of drug-likeness (QED) is 0.637. The van der Waals surface area contributed by atoms with E-state index in [-0.39, 0.29) is 0 Å². The van der Waals surface area contributed by atoms with Gasteiger partial charge >= 0.3 is 6.09 Å². The van der Waals surface area contributed by atoms with Crippen LogP contribution in [0.25, 0.3) is 0 Å². The van der Waals surface area contributed by atoms with Gasteiger partial charge in [0.2, 0.25) is 0 Å². The number of hydrogen-bond acceptors (Lipinski definition) is 2. The Morgan fingerprint density at radius 2 is 1.93 bits per heavy atom. The highest BCUT2D eigenvalue weighted by atomic mass is 35.5. The molecule has 84 valence electrons. The summed E-state index contributed by atoms with van der Waals surface area (Å²) in [5.41, 5.74) is 6.06. The summed E-state index contributed by atoms with van der Waals surface area (Å²) in [4.78, 5) is 10.2. The largest absolute Gasteiger partial charge is 0.450 e. The number of carbonyl (C=O) groups is 1. The van der Waals surface area contributed by atoms with E-state index in [1.807, 2.05) is 30.3 Å². The predicted molar refractivity (Wildman–Crippen MR) is 62.1 cm³/mol. The molecule has 2 N–H and O–H groups in total. The van der Waals surface area contributed by atoms with Crippen molar-refractivity contribution >= 4 is 17.7 Å². The van der Waals surface area contributed by atoms with Gasteiger partial charge in [-0.3, -0.25) is 0 Å². The highest BCUT2D eigenvalue weighted by Gasteiger charge is 1.94. The van der Waals surface area contributed by atoms with Gasteiger partial charge in [-0.1, -0.05) is 30.3 Å². The van der Waals surface area contributed by atoms with Crippen molar-refractivity contribution in [3.8, 4) is 0 Å². The number of amides is 1. The maximum atomic E-state index is 10.2. The zero-order chi connectivity index (χ0) is 11.5. The SMILES string of the molecule is CCl.NC(=O)OCCCc1ccccc1. The van der Waals surface area contributed by atoms with E-state index < -0.39 is 6.09 Å². The van der Waals surface area contributed by atoms with E-state index in [0.29, 0.717) is 6.61 Å². The van der Waals surface area contributed by atoms with Crippen molar-refractivity contribution in [2.24, 2.45) is 5.73 Å². The summed E-state index contributed by atoms with van der Waals surface area (Å²) in [5.74, 6) is 0. The highest BCUT2D eigenvalue weighted by Crippen LogP contribution is 2.01. The van der Waals surface area contributed by atoms with Gasteiger partial charge in [-0.15, -0.1) is 11.6 Å². The molecule has 0 saturated heterocycles. The van der Waals surface area contributed by atoms with E-state index in [9.17, 15) is 4.79 Å². The van der Waals surface area contributed by atoms with Gasteiger partial charge in [0.1, 0.15) is 0 Å². The Hall–Kier alpha value is -1.22. The lowest BCUT2D eigenvalue weighted by atomic mass is 10.1. The lowest BCUT2D eigenvalue weighted by Crippen LogP contribution is -2.13. The van der Waals surface area contributed by atoms with E-state index in [4.69, 9.17) is 5.73 Å². The van der Waals surface area contributed by atoms with Gasteiger partial charge < -0.3 is 10.5 Å². The monoisotopic (exact) mass is 229 g/mol. The van der Waals surface area contributed by atoms with Gasteiger partial charge in [-0.05, 0) is 18.4 Å². The number of aryl methyl sites for hydroxylation is 1. The number of carbonyl (C=O) groups excluding carboxylic acids is 1. The molecule has 4 heteroatoms. The van der Waals surface area contributed by atoms with Crippen LogP contribution in [0.1, 0.15) is 12.0 Å². The molecule has 0 heterocycles. The van der Waals surface area contributed by atoms with Gasteiger partial charge in [0.15, 0.2) is 0 Å². The van der Waals surface area contributed by atoms with Crippen LogP contribution in [0, 0.1) is 0 Å². The fourth-order valence-corrected chi connectivity index (χ4v) is 1.09. The third kappa shape index (κ3) is 7.82. The average molecular weight is 230 g/mol. The summed E-state index contributed by atoms with van der Waals surface area (Å²) in [7, 11) is 0. The minimum absolute atomic E-state index is 0.393. The molecule has 15 heavy (non-hydrogen) atoms. The van der Waals surface area contributed by atoms with Crippen LogP contribution in [0.4, 0.5) is 4.79 Å². The van der Waals surface area contributed by atoms with Crippen molar-refractivity contribution in [1.29, 1.82) is 0 Å². The van der Waals surface area contributed by atoms with Gasteiger partial charge in [0.05, 0.1) is 6.61 Å². The second kappa shape index (κ2) is 9.34. The molecule has 1 aromatic carbocycles. The molecule has 0 aromatic heterocycles. The molecule has 3 nitrogen and oxygen atoms in total. The number of hydrogen-bond donors (Lipinski definition) is 1. The molecule has 0 unspecified atom stereocenters. The topological polar surface area (TPSA) is 52.3 Å². The first-order chi connectivity index (χ1) is 7.29. The van der Waals surface area contributed by atoms with Crippen LogP contribution in [0.2, 0.25) is 0 Å². The molecule has 1 amide bonds. The molecule has 0 fully saturated rings. The minimum atomic E-state index is -0.701. The van der Waals surface area contributed by atoms with Crippen LogP contribution in [-0.2, 0) is 11.2 Å². The first-order valence-electron chi connectivity index (χ1n) is 4.63. The van der Waals surface area contributed by atoms with Crippen LogP contribution in [0.15, 0.2) is 30.3 Å². The van der Waals surface area contributed by atoms with Crippen LogP contribution in [0.3, 0.4) is 0 Å². The molecular weight excluding hydrogens is 214 g/mol. The van der Waals surface area contributed by atoms with Crippen molar-refractivity contribution in [2.45, 2.75) is 12.8 Å². The molecule has 0 atom stereocenters. The molecule has 1 aromatic rings. The molecule has 0 aliphatic carbocycles. The minimum Gasteiger partial charge on any atom is -0.450 e. The Morgan fingerprint density at radius 1 is 1.33 bits per heavy atom. The lowest BCUT2D eigenvalue weighted by molar-refractivity contribution is 0.155. The second-order valence-corrected chi connectivity index (χ2v) is 2.76. The van der Waals surface area contributed by atoms with E-state index in [2.05, 4.69) is 16.3 Å². The Kier molecular flexibility index (Phi) is 8.58. The van der Waals surface area contributed by atoms with Gasteiger partial charge in [0, 0.05) is 6.38 Å². The van der Waals surface area contributed by atoms with Gasteiger partial charge in [0.25, 0.3) is 0 Å². The predicted octanol–water partition coefficient (Wildman–Crippen LogP) is 2.57. The Morgan fingerprint density at radius 3 is 2.47 bits per heavy atom. The van der Waals surface area contributed by atoms with Gasteiger partial charge in [-0.2, -0.15) is 0 Å². The molecule has 0 spiro atoms. The van der Waals surface area contributed by atoms with Crippen molar-refractivity contribution in [3.05, 3.63) is 35.9 Å². The van der Waals surface area contributed by atoms with Gasteiger partial charge in [-0.25, -0.2) is 4.79 Å². The number of benzene rings is 1. The first-order valence-corrected chi connectivity index (χ1v) is 5.38. The number of halogens is 1. The van der Waals surface area contributed by atoms with Crippen molar-refractivity contribution in [1.82, 2.24) is 0 Å². The maximum absolute atomic E-state index is 10.2. The summed E-state index contributed by atoms with van der Waals surface area (Å²) in [6, 6.07) is 10.0. The summed E-state index contributed by atoms with van der Waals surface area (Å²) in [6.45, 7) is 0.393. The number of primary amides is 1. The highest BCUT2D eigenvalue weighted by molar-refractivity contribution is 6.15. The normalized spacial score (nSPS) is 8.67. The summed E-state index contributed by atoms with van der Waals surface area (Å²) in [6.07, 6.45) is 2.49. The van der Waals surface area contributed by atoms with E-state index >= 15 is 0 Å². The summed E-state index contributed by atoms with van der Waals surface area (Å²) < 4.78 is 4.60. The number of rotatable bonds is 4. The van der Waals surface area contributed by atoms with Crippen molar-refractivity contribution < 1.29 is 9.53 Å². The molecule has 1 rings (SSSR count). The maximum Gasteiger partial charge on any atom is 0.404 e. The Balaban J connectivity index is 0.000000921. The Bertz CT molecular complexity index is 265. The Labute approximate surface area is 95.2 Å². The zero-order valence-electron chi connectivity index (χ0n) is 8.78. The number of alkyl halides is 1. The van der Waals surface area contributed by atoms with E-state index in [0.717, 1.165) is 12.8 Å². The van der Waals surface area contributed by atoms with Crippen molar-refractivity contribution in [2.75, 3.05) is 13.0 Å². The van der Waals surface area contributed by atoms with E-state index in [1.54, 1.807) is 0 Å². The first kappa shape index (κ1) is 13.8. The average Bonchev–Trinajstić information content (AvgIpc) is 2.28. The molecular formula is C11H16ClNO2. The molecule has 0 radical (unpaired) electrons. The fraction of sp³-hybridized carbons (Fsp3) is 0.364. The summed E-state index contributed by atoms with van der Waals surface area (Å²) in [5, 5.41) is 0. The second-order valence-electron chi connectivity index (χ2n) is 2.76. The number of ether oxygens (including phenoxy) is 1. The third-order valence-electron chi connectivity index (χ3n) is 1.70. The lowest BCUT2D eigenvalue weighted by Gasteiger charge is -2.01. The smallest absolute Gasteiger partial charge is 0.404 e. The van der Waals surface area contributed by atoms with Crippen LogP contribution >= 0.6 is 11.6 Å². The van der Waals surface area contributed by atoms with Crippen LogP contribution in [-0.4, -0.2) is 19.1 Å². The number of nitrogens with two attached hydrogens (primary N) is 1. The molecule has 0 saturated carbocycles. The zero-order valence-corrected chi connectivity index (χ0v) is 9.54. The molecule has 0 bridgehead atoms. The summed E-state index contributed by atoms with van der Waals surface area (Å²) >= 11 is 4.64. The van der Waals surface area contributed by atoms with Crippen molar-refractivity contribution in [3.63, 3.8) is 0 Å². The molecule has 0 aliphatic rings.